The maximum absolute atomic E-state index is 13.0. The van der Waals surface area contributed by atoms with E-state index in [1.807, 2.05) is 0 Å². The van der Waals surface area contributed by atoms with Crippen molar-refractivity contribution in [2.24, 2.45) is 0 Å². The van der Waals surface area contributed by atoms with Gasteiger partial charge in [-0.25, -0.2) is 8.42 Å². The van der Waals surface area contributed by atoms with Gasteiger partial charge in [0, 0.05) is 25.3 Å². The van der Waals surface area contributed by atoms with Crippen LogP contribution in [0.3, 0.4) is 0 Å². The molecule has 2 aromatic carbocycles. The molecule has 0 bridgehead atoms. The van der Waals surface area contributed by atoms with E-state index in [1.54, 1.807) is 0 Å². The van der Waals surface area contributed by atoms with E-state index in [9.17, 15) is 31.7 Å². The van der Waals surface area contributed by atoms with E-state index in [0.29, 0.717) is 12.0 Å². The lowest BCUT2D eigenvalue weighted by molar-refractivity contribution is -0.387. The van der Waals surface area contributed by atoms with Crippen LogP contribution in [0.2, 0.25) is 0 Å². The Morgan fingerprint density at radius 1 is 1.21 bits per heavy atom. The van der Waals surface area contributed by atoms with Crippen molar-refractivity contribution in [2.45, 2.75) is 23.5 Å². The fourth-order valence-electron chi connectivity index (χ4n) is 3.20. The second-order valence-electron chi connectivity index (χ2n) is 6.28. The Morgan fingerprint density at radius 3 is 2.54 bits per heavy atom. The number of sulfonamides is 1. The normalized spacial score (nSPS) is 17.1. The van der Waals surface area contributed by atoms with Crippen molar-refractivity contribution >= 4 is 21.4 Å². The molecule has 0 spiro atoms. The molecule has 1 aliphatic rings. The second kappa shape index (κ2) is 7.06. The maximum atomic E-state index is 13.0. The van der Waals surface area contributed by atoms with Crippen LogP contribution in [0.15, 0.2) is 47.4 Å². The summed E-state index contributed by atoms with van der Waals surface area (Å²) < 4.78 is 65.8. The number of benzene rings is 2. The highest BCUT2D eigenvalue weighted by molar-refractivity contribution is 7.89. The SMILES string of the molecule is CN([C@@H]1CCNc2cc(C(F)(F)F)ccc21)S(=O)(=O)c1ccccc1[N+](=O)[O-]. The van der Waals surface area contributed by atoms with Crippen LogP contribution >= 0.6 is 0 Å². The van der Waals surface area contributed by atoms with Crippen LogP contribution in [0, 0.1) is 10.1 Å². The first-order valence-corrected chi connectivity index (χ1v) is 9.64. The molecule has 0 saturated carbocycles. The van der Waals surface area contributed by atoms with Gasteiger partial charge in [0.2, 0.25) is 10.0 Å². The lowest BCUT2D eigenvalue weighted by Gasteiger charge is -2.33. The Labute approximate surface area is 159 Å². The van der Waals surface area contributed by atoms with Gasteiger partial charge in [-0.15, -0.1) is 0 Å². The first kappa shape index (κ1) is 20.1. The predicted molar refractivity (Wildman–Crippen MR) is 95.3 cm³/mol. The number of halogens is 3. The molecule has 1 heterocycles. The Morgan fingerprint density at radius 2 is 1.89 bits per heavy atom. The van der Waals surface area contributed by atoms with Crippen LogP contribution in [0.4, 0.5) is 24.5 Å². The monoisotopic (exact) mass is 415 g/mol. The summed E-state index contributed by atoms with van der Waals surface area (Å²) in [6.45, 7) is 0.260. The standard InChI is InChI=1S/C17H16F3N3O4S/c1-22(28(26,27)16-5-3-2-4-15(16)23(24)25)14-8-9-21-13-10-11(17(18,19)20)6-7-12(13)14/h2-7,10,14,21H,8-9H2,1H3/t14-/m1/s1. The summed E-state index contributed by atoms with van der Waals surface area (Å²) in [7, 11) is -2.99. The van der Waals surface area contributed by atoms with E-state index in [4.69, 9.17) is 0 Å². The Bertz CT molecular complexity index is 1020. The van der Waals surface area contributed by atoms with Gasteiger partial charge < -0.3 is 5.32 Å². The van der Waals surface area contributed by atoms with Gasteiger partial charge >= 0.3 is 6.18 Å². The first-order chi connectivity index (χ1) is 13.0. The molecule has 0 aliphatic carbocycles. The molecule has 1 atom stereocenters. The van der Waals surface area contributed by atoms with Gasteiger partial charge in [0.15, 0.2) is 4.90 Å². The van der Waals surface area contributed by atoms with Crippen LogP contribution in [0.5, 0.6) is 0 Å². The maximum Gasteiger partial charge on any atom is 0.416 e. The minimum atomic E-state index is -4.52. The van der Waals surface area contributed by atoms with Crippen molar-refractivity contribution in [1.29, 1.82) is 0 Å². The molecule has 0 saturated heterocycles. The minimum absolute atomic E-state index is 0.190. The topological polar surface area (TPSA) is 92.6 Å². The average Bonchev–Trinajstić information content (AvgIpc) is 2.65. The lowest BCUT2D eigenvalue weighted by Crippen LogP contribution is -2.35. The van der Waals surface area contributed by atoms with Gasteiger partial charge in [0.1, 0.15) is 0 Å². The highest BCUT2D eigenvalue weighted by atomic mass is 32.2. The number of alkyl halides is 3. The summed E-state index contributed by atoms with van der Waals surface area (Å²) in [4.78, 5) is 9.95. The number of fused-ring (bicyclic) bond motifs is 1. The van der Waals surface area contributed by atoms with Gasteiger partial charge in [-0.1, -0.05) is 18.2 Å². The molecule has 0 amide bonds. The highest BCUT2D eigenvalue weighted by Crippen LogP contribution is 2.40. The van der Waals surface area contributed by atoms with Crippen molar-refractivity contribution in [1.82, 2.24) is 4.31 Å². The van der Waals surface area contributed by atoms with Crippen LogP contribution in [0.25, 0.3) is 0 Å². The third-order valence-corrected chi connectivity index (χ3v) is 6.54. The molecule has 28 heavy (non-hydrogen) atoms. The molecule has 0 unspecified atom stereocenters. The van der Waals surface area contributed by atoms with Gasteiger partial charge in [0.25, 0.3) is 5.69 Å². The predicted octanol–water partition coefficient (Wildman–Crippen LogP) is 3.79. The number of para-hydroxylation sites is 1. The largest absolute Gasteiger partial charge is 0.416 e. The smallest absolute Gasteiger partial charge is 0.385 e. The van der Waals surface area contributed by atoms with E-state index in [1.165, 1.54) is 25.2 Å². The number of rotatable bonds is 4. The number of anilines is 1. The second-order valence-corrected chi connectivity index (χ2v) is 8.24. The Balaban J connectivity index is 2.03. The number of nitro groups is 1. The number of hydrogen-bond donors (Lipinski definition) is 1. The summed E-state index contributed by atoms with van der Waals surface area (Å²) in [6.07, 6.45) is -4.22. The minimum Gasteiger partial charge on any atom is -0.385 e. The van der Waals surface area contributed by atoms with E-state index >= 15 is 0 Å². The first-order valence-electron chi connectivity index (χ1n) is 8.20. The molecule has 3 rings (SSSR count). The molecule has 11 heteroatoms. The van der Waals surface area contributed by atoms with E-state index in [0.717, 1.165) is 28.6 Å². The Kier molecular flexibility index (Phi) is 5.06. The van der Waals surface area contributed by atoms with E-state index < -0.39 is 43.3 Å². The zero-order chi connectivity index (χ0) is 20.7. The molecular formula is C17H16F3N3O4S. The van der Waals surface area contributed by atoms with E-state index in [2.05, 4.69) is 5.32 Å². The fraction of sp³-hybridized carbons (Fsp3) is 0.294. The fourth-order valence-corrected chi connectivity index (χ4v) is 4.72. The summed E-state index contributed by atoms with van der Waals surface area (Å²) in [6, 6.07) is 7.27. The van der Waals surface area contributed by atoms with Crippen molar-refractivity contribution in [3.8, 4) is 0 Å². The average molecular weight is 415 g/mol. The number of hydrogen-bond acceptors (Lipinski definition) is 5. The highest BCUT2D eigenvalue weighted by Gasteiger charge is 2.37. The van der Waals surface area contributed by atoms with Crippen LogP contribution in [0.1, 0.15) is 23.6 Å². The molecule has 150 valence electrons. The van der Waals surface area contributed by atoms with Gasteiger partial charge in [-0.05, 0) is 30.2 Å². The molecular weight excluding hydrogens is 399 g/mol. The number of nitrogens with zero attached hydrogens (tertiary/aromatic N) is 2. The molecule has 0 fully saturated rings. The van der Waals surface area contributed by atoms with Crippen LogP contribution < -0.4 is 5.32 Å². The lowest BCUT2D eigenvalue weighted by atomic mass is 9.96. The molecule has 2 aromatic rings. The van der Waals surface area contributed by atoms with Crippen molar-refractivity contribution in [3.63, 3.8) is 0 Å². The zero-order valence-electron chi connectivity index (χ0n) is 14.6. The zero-order valence-corrected chi connectivity index (χ0v) is 15.4. The van der Waals surface area contributed by atoms with Crippen LogP contribution in [-0.4, -0.2) is 31.2 Å². The van der Waals surface area contributed by atoms with Crippen molar-refractivity contribution in [3.05, 3.63) is 63.7 Å². The number of nitro benzene ring substituents is 1. The van der Waals surface area contributed by atoms with Crippen molar-refractivity contribution < 1.29 is 26.5 Å². The van der Waals surface area contributed by atoms with Gasteiger partial charge in [0.05, 0.1) is 16.5 Å². The van der Waals surface area contributed by atoms with Gasteiger partial charge in [-0.2, -0.15) is 17.5 Å². The molecule has 1 N–H and O–H groups in total. The number of nitrogens with one attached hydrogen (secondary N) is 1. The quantitative estimate of drug-likeness (QED) is 0.606. The summed E-state index contributed by atoms with van der Waals surface area (Å²) >= 11 is 0. The molecule has 1 aliphatic heterocycles. The van der Waals surface area contributed by atoms with Gasteiger partial charge in [-0.3, -0.25) is 10.1 Å². The summed E-state index contributed by atoms with van der Waals surface area (Å²) in [5.74, 6) is 0. The summed E-state index contributed by atoms with van der Waals surface area (Å²) in [5.41, 5.74) is -0.834. The molecule has 0 aromatic heterocycles. The summed E-state index contributed by atoms with van der Waals surface area (Å²) in [5, 5.41) is 14.1. The van der Waals surface area contributed by atoms with Crippen molar-refractivity contribution in [2.75, 3.05) is 18.9 Å². The van der Waals surface area contributed by atoms with Crippen LogP contribution in [-0.2, 0) is 16.2 Å². The third kappa shape index (κ3) is 3.54. The third-order valence-electron chi connectivity index (χ3n) is 4.63. The van der Waals surface area contributed by atoms with E-state index in [-0.39, 0.29) is 12.2 Å². The molecule has 7 nitrogen and oxygen atoms in total. The molecule has 0 radical (unpaired) electrons. The Hall–Kier alpha value is -2.66.